The van der Waals surface area contributed by atoms with Crippen LogP contribution in [0.4, 0.5) is 15.8 Å². The third-order valence-corrected chi connectivity index (χ3v) is 6.71. The molecule has 0 aliphatic carbocycles. The van der Waals surface area contributed by atoms with E-state index in [0.717, 1.165) is 51.1 Å². The normalized spacial score (nSPS) is 20.9. The Hall–Kier alpha value is -2.64. The van der Waals surface area contributed by atoms with Crippen molar-refractivity contribution in [2.75, 3.05) is 49.6 Å². The molecule has 4 rings (SSSR count). The molecular weight excluding hydrogens is 421 g/mol. The van der Waals surface area contributed by atoms with E-state index in [4.69, 9.17) is 4.74 Å². The molecule has 2 heterocycles. The minimum Gasteiger partial charge on any atom is -0.494 e. The van der Waals surface area contributed by atoms with E-state index in [1.165, 1.54) is 11.0 Å². The molecule has 2 aromatic carbocycles. The summed E-state index contributed by atoms with van der Waals surface area (Å²) in [5.74, 6) is 0.218. The van der Waals surface area contributed by atoms with Gasteiger partial charge < -0.3 is 19.6 Å². The third kappa shape index (κ3) is 5.47. The van der Waals surface area contributed by atoms with Crippen LogP contribution >= 0.6 is 0 Å². The Morgan fingerprint density at radius 3 is 2.61 bits per heavy atom. The van der Waals surface area contributed by atoms with E-state index >= 15 is 4.39 Å². The molecular formula is C26H34FN3O3. The van der Waals surface area contributed by atoms with Gasteiger partial charge in [-0.05, 0) is 61.7 Å². The van der Waals surface area contributed by atoms with Crippen LogP contribution in [0.25, 0.3) is 0 Å². The van der Waals surface area contributed by atoms with Crippen molar-refractivity contribution in [2.24, 2.45) is 0 Å². The van der Waals surface area contributed by atoms with Gasteiger partial charge in [0.1, 0.15) is 11.6 Å². The van der Waals surface area contributed by atoms with Gasteiger partial charge in [0, 0.05) is 50.5 Å². The molecule has 2 unspecified atom stereocenters. The second kappa shape index (κ2) is 10.5. The highest BCUT2D eigenvalue weighted by Crippen LogP contribution is 2.30. The Bertz CT molecular complexity index is 952. The highest BCUT2D eigenvalue weighted by Gasteiger charge is 2.33. The first-order chi connectivity index (χ1) is 16.0. The molecule has 2 atom stereocenters. The number of aliphatic hydroxyl groups excluding tert-OH is 1. The van der Waals surface area contributed by atoms with Gasteiger partial charge in [-0.1, -0.05) is 13.3 Å². The number of amides is 1. The third-order valence-electron chi connectivity index (χ3n) is 6.71. The number of β-amino-alcohol motifs (C(OH)–C–C–N with tert-alkyl or cyclic N) is 1. The lowest BCUT2D eigenvalue weighted by Gasteiger charge is -2.25. The smallest absolute Gasteiger partial charge is 0.258 e. The summed E-state index contributed by atoms with van der Waals surface area (Å²) in [7, 11) is 1.66. The summed E-state index contributed by atoms with van der Waals surface area (Å²) in [4.78, 5) is 18.8. The molecule has 0 radical (unpaired) electrons. The van der Waals surface area contributed by atoms with E-state index in [1.54, 1.807) is 43.4 Å². The Balaban J connectivity index is 1.38. The van der Waals surface area contributed by atoms with Crippen LogP contribution in [-0.2, 0) is 0 Å². The van der Waals surface area contributed by atoms with Crippen LogP contribution in [0, 0.1) is 5.82 Å². The largest absolute Gasteiger partial charge is 0.494 e. The van der Waals surface area contributed by atoms with Gasteiger partial charge >= 0.3 is 0 Å². The number of aliphatic hydroxyl groups is 1. The first-order valence-electron chi connectivity index (χ1n) is 11.9. The molecule has 2 aliphatic rings. The summed E-state index contributed by atoms with van der Waals surface area (Å²) in [5, 5.41) is 9.80. The van der Waals surface area contributed by atoms with Crippen molar-refractivity contribution in [3.63, 3.8) is 0 Å². The number of unbranched alkanes of at least 4 members (excludes halogenated alkanes) is 1. The van der Waals surface area contributed by atoms with E-state index in [-0.39, 0.29) is 17.8 Å². The predicted octanol–water partition coefficient (Wildman–Crippen LogP) is 3.93. The lowest BCUT2D eigenvalue weighted by molar-refractivity contribution is 0.0993. The fourth-order valence-electron chi connectivity index (χ4n) is 4.66. The maximum Gasteiger partial charge on any atom is 0.258 e. The van der Waals surface area contributed by atoms with Gasteiger partial charge in [0.25, 0.3) is 5.91 Å². The maximum absolute atomic E-state index is 15.0. The number of nitrogens with zero attached hydrogens (tertiary/aromatic N) is 3. The Morgan fingerprint density at radius 1 is 1.15 bits per heavy atom. The zero-order valence-corrected chi connectivity index (χ0v) is 19.5. The van der Waals surface area contributed by atoms with Gasteiger partial charge in [-0.25, -0.2) is 4.39 Å². The quantitative estimate of drug-likeness (QED) is 0.612. The molecule has 178 valence electrons. The van der Waals surface area contributed by atoms with E-state index in [1.807, 2.05) is 0 Å². The Morgan fingerprint density at radius 2 is 1.94 bits per heavy atom. The summed E-state index contributed by atoms with van der Waals surface area (Å²) in [6.45, 7) is 5.92. The first-order valence-corrected chi connectivity index (χ1v) is 11.9. The van der Waals surface area contributed by atoms with Crippen molar-refractivity contribution in [3.05, 3.63) is 53.8 Å². The predicted molar refractivity (Wildman–Crippen MR) is 129 cm³/mol. The number of hydrogen-bond acceptors (Lipinski definition) is 5. The van der Waals surface area contributed by atoms with Crippen LogP contribution in [0.2, 0.25) is 0 Å². The molecule has 0 saturated carbocycles. The zero-order chi connectivity index (χ0) is 23.4. The number of carbonyl (C=O) groups excluding carboxylic acids is 1. The van der Waals surface area contributed by atoms with Gasteiger partial charge in [-0.15, -0.1) is 0 Å². The number of ether oxygens (including phenoxy) is 1. The van der Waals surface area contributed by atoms with Gasteiger partial charge in [-0.3, -0.25) is 9.69 Å². The van der Waals surface area contributed by atoms with E-state index < -0.39 is 0 Å². The SMILES string of the molecule is CCCCOc1ccc(C(=O)N(C)c2ccc(N3CCC(N4CCC(O)C4)C3)c(F)c2)cc1. The number of carbonyl (C=O) groups is 1. The number of rotatable bonds is 8. The van der Waals surface area contributed by atoms with Gasteiger partial charge in [0.15, 0.2) is 0 Å². The summed E-state index contributed by atoms with van der Waals surface area (Å²) in [6, 6.07) is 12.4. The number of benzene rings is 2. The summed E-state index contributed by atoms with van der Waals surface area (Å²) < 4.78 is 20.7. The molecule has 2 aliphatic heterocycles. The van der Waals surface area contributed by atoms with Crippen LogP contribution in [0.1, 0.15) is 43.0 Å². The van der Waals surface area contributed by atoms with Gasteiger partial charge in [-0.2, -0.15) is 0 Å². The second-order valence-electron chi connectivity index (χ2n) is 9.05. The fourth-order valence-corrected chi connectivity index (χ4v) is 4.66. The number of halogens is 1. The molecule has 7 heteroatoms. The van der Waals surface area contributed by atoms with Crippen molar-refractivity contribution in [1.29, 1.82) is 0 Å². The average Bonchev–Trinajstić information content (AvgIpc) is 3.48. The van der Waals surface area contributed by atoms with Crippen LogP contribution in [-0.4, -0.2) is 67.9 Å². The zero-order valence-electron chi connectivity index (χ0n) is 19.5. The Kier molecular flexibility index (Phi) is 7.50. The molecule has 33 heavy (non-hydrogen) atoms. The topological polar surface area (TPSA) is 56.2 Å². The number of likely N-dealkylation sites (tertiary alicyclic amines) is 1. The van der Waals surface area contributed by atoms with Gasteiger partial charge in [0.2, 0.25) is 0 Å². The van der Waals surface area contributed by atoms with Crippen molar-refractivity contribution >= 4 is 17.3 Å². The van der Waals surface area contributed by atoms with Crippen molar-refractivity contribution < 1.29 is 19.0 Å². The van der Waals surface area contributed by atoms with E-state index in [2.05, 4.69) is 16.7 Å². The Labute approximate surface area is 195 Å². The molecule has 2 aromatic rings. The van der Waals surface area contributed by atoms with Crippen LogP contribution in [0.5, 0.6) is 5.75 Å². The van der Waals surface area contributed by atoms with Crippen LogP contribution in [0.15, 0.2) is 42.5 Å². The molecule has 6 nitrogen and oxygen atoms in total. The monoisotopic (exact) mass is 455 g/mol. The van der Waals surface area contributed by atoms with Crippen LogP contribution < -0.4 is 14.5 Å². The first kappa shape index (κ1) is 23.5. The molecule has 1 amide bonds. The second-order valence-corrected chi connectivity index (χ2v) is 9.05. The molecule has 2 fully saturated rings. The highest BCUT2D eigenvalue weighted by molar-refractivity contribution is 6.05. The fraction of sp³-hybridized carbons (Fsp3) is 0.500. The molecule has 0 aromatic heterocycles. The van der Waals surface area contributed by atoms with Gasteiger partial charge in [0.05, 0.1) is 18.4 Å². The van der Waals surface area contributed by atoms with Crippen molar-refractivity contribution in [3.8, 4) is 5.75 Å². The lowest BCUT2D eigenvalue weighted by atomic mass is 10.1. The van der Waals surface area contributed by atoms with E-state index in [0.29, 0.717) is 36.1 Å². The maximum atomic E-state index is 15.0. The standard InChI is InChI=1S/C26H34FN3O3/c1-3-4-15-33-23-8-5-19(6-9-23)26(32)28(2)20-7-10-25(24(27)16-20)30-13-11-21(17-30)29-14-12-22(31)18-29/h5-10,16,21-22,31H,3-4,11-15,17-18H2,1-2H3. The minimum absolute atomic E-state index is 0.198. The molecule has 2 saturated heterocycles. The molecule has 0 bridgehead atoms. The molecule has 0 spiro atoms. The molecule has 1 N–H and O–H groups in total. The number of anilines is 2. The van der Waals surface area contributed by atoms with Crippen molar-refractivity contribution in [2.45, 2.75) is 44.8 Å². The highest BCUT2D eigenvalue weighted by atomic mass is 19.1. The summed E-state index contributed by atoms with van der Waals surface area (Å²) >= 11 is 0. The number of hydrogen-bond donors (Lipinski definition) is 1. The summed E-state index contributed by atoms with van der Waals surface area (Å²) in [5.41, 5.74) is 1.61. The van der Waals surface area contributed by atoms with E-state index in [9.17, 15) is 9.90 Å². The van der Waals surface area contributed by atoms with Crippen molar-refractivity contribution in [1.82, 2.24) is 4.90 Å². The lowest BCUT2D eigenvalue weighted by Crippen LogP contribution is -2.36. The van der Waals surface area contributed by atoms with Crippen LogP contribution in [0.3, 0.4) is 0 Å². The minimum atomic E-state index is -0.325. The summed E-state index contributed by atoms with van der Waals surface area (Å²) in [6.07, 6.45) is 3.59. The average molecular weight is 456 g/mol.